The van der Waals surface area contributed by atoms with E-state index in [0.29, 0.717) is 0 Å². The van der Waals surface area contributed by atoms with Crippen LogP contribution in [0.25, 0.3) is 17.2 Å². The first kappa shape index (κ1) is 17.8. The summed E-state index contributed by atoms with van der Waals surface area (Å²) in [6.07, 6.45) is 4.45. The molecule has 0 unspecified atom stereocenters. The fourth-order valence-corrected chi connectivity index (χ4v) is 2.54. The van der Waals surface area contributed by atoms with Gasteiger partial charge in [0.05, 0.1) is 11.2 Å². The molecule has 0 saturated carbocycles. The topological polar surface area (TPSA) is 31.4 Å². The van der Waals surface area contributed by atoms with E-state index in [2.05, 4.69) is 4.98 Å². The first-order chi connectivity index (χ1) is 11.7. The van der Waals surface area contributed by atoms with E-state index >= 15 is 0 Å². The number of aromatic nitrogens is 1. The van der Waals surface area contributed by atoms with Gasteiger partial charge in [-0.05, 0) is 57.5 Å². The van der Waals surface area contributed by atoms with E-state index < -0.39 is 29.9 Å². The van der Waals surface area contributed by atoms with E-state index in [9.17, 15) is 8.78 Å². The Morgan fingerprint density at radius 2 is 1.76 bits per heavy atom. The molecule has 0 spiro atoms. The van der Waals surface area contributed by atoms with Crippen LogP contribution in [0.3, 0.4) is 0 Å². The number of halogens is 2. The summed E-state index contributed by atoms with van der Waals surface area (Å²) in [6.45, 7) is 7.35. The summed E-state index contributed by atoms with van der Waals surface area (Å²) in [5.41, 5.74) is -0.261. The van der Waals surface area contributed by atoms with Crippen LogP contribution in [0.2, 0.25) is 0 Å². The van der Waals surface area contributed by atoms with Crippen LogP contribution in [0.1, 0.15) is 33.3 Å². The van der Waals surface area contributed by atoms with Gasteiger partial charge in [0.2, 0.25) is 0 Å². The molecule has 0 amide bonds. The SMILES string of the molecule is CC1(C)OB(C(F)=Cc2cc(-c3cccnc3)ccc2F)OC1(C)C. The van der Waals surface area contributed by atoms with Crippen molar-refractivity contribution >= 4 is 13.2 Å². The molecule has 1 aliphatic heterocycles. The molecule has 0 N–H and O–H groups in total. The van der Waals surface area contributed by atoms with Gasteiger partial charge in [-0.3, -0.25) is 4.98 Å². The Labute approximate surface area is 146 Å². The molecule has 2 heterocycles. The average Bonchev–Trinajstić information content (AvgIpc) is 2.78. The highest BCUT2D eigenvalue weighted by molar-refractivity contribution is 6.54. The minimum atomic E-state index is -1.15. The van der Waals surface area contributed by atoms with Crippen LogP contribution >= 0.6 is 0 Å². The molecule has 1 fully saturated rings. The molecular formula is C19H20BF2NO2. The van der Waals surface area contributed by atoms with Gasteiger partial charge in [-0.2, -0.15) is 0 Å². The second-order valence-electron chi connectivity index (χ2n) is 7.10. The summed E-state index contributed by atoms with van der Waals surface area (Å²) >= 11 is 0. The van der Waals surface area contributed by atoms with Gasteiger partial charge in [0.15, 0.2) is 0 Å². The second-order valence-corrected chi connectivity index (χ2v) is 7.10. The van der Waals surface area contributed by atoms with Crippen LogP contribution in [-0.4, -0.2) is 23.3 Å². The standard InChI is InChI=1S/C19H20BF2NO2/c1-18(2)19(3,4)25-20(24-18)17(22)11-15-10-13(7-8-16(15)21)14-6-5-9-23-12-14/h5-12H,1-4H3. The summed E-state index contributed by atoms with van der Waals surface area (Å²) in [7, 11) is -1.15. The molecule has 3 rings (SSSR count). The van der Waals surface area contributed by atoms with E-state index in [1.54, 1.807) is 30.6 Å². The van der Waals surface area contributed by atoms with Crippen molar-refractivity contribution in [2.45, 2.75) is 38.9 Å². The quantitative estimate of drug-likeness (QED) is 0.748. The highest BCUT2D eigenvalue weighted by atomic mass is 19.1. The third kappa shape index (κ3) is 3.50. The molecule has 130 valence electrons. The number of nitrogens with zero attached hydrogens (tertiary/aromatic N) is 1. The van der Waals surface area contributed by atoms with Crippen molar-refractivity contribution in [3.05, 3.63) is 59.8 Å². The number of hydrogen-bond acceptors (Lipinski definition) is 3. The predicted molar refractivity (Wildman–Crippen MR) is 94.8 cm³/mol. The maximum absolute atomic E-state index is 14.6. The van der Waals surface area contributed by atoms with Gasteiger partial charge in [-0.25, -0.2) is 8.78 Å². The lowest BCUT2D eigenvalue weighted by molar-refractivity contribution is 0.00578. The lowest BCUT2D eigenvalue weighted by Gasteiger charge is -2.32. The summed E-state index contributed by atoms with van der Waals surface area (Å²) in [5.74, 6) is -0.515. The van der Waals surface area contributed by atoms with Gasteiger partial charge in [0.25, 0.3) is 0 Å². The summed E-state index contributed by atoms with van der Waals surface area (Å²) < 4.78 is 40.1. The van der Waals surface area contributed by atoms with Crippen molar-refractivity contribution in [3.63, 3.8) is 0 Å². The predicted octanol–water partition coefficient (Wildman–Crippen LogP) is 4.83. The van der Waals surface area contributed by atoms with Gasteiger partial charge in [-0.15, -0.1) is 0 Å². The van der Waals surface area contributed by atoms with E-state index in [-0.39, 0.29) is 5.56 Å². The van der Waals surface area contributed by atoms with E-state index in [4.69, 9.17) is 9.31 Å². The fourth-order valence-electron chi connectivity index (χ4n) is 2.54. The van der Waals surface area contributed by atoms with Gasteiger partial charge < -0.3 is 9.31 Å². The maximum atomic E-state index is 14.6. The molecule has 1 aromatic heterocycles. The zero-order valence-corrected chi connectivity index (χ0v) is 14.7. The molecule has 0 atom stereocenters. The zero-order valence-electron chi connectivity index (χ0n) is 14.7. The highest BCUT2D eigenvalue weighted by Gasteiger charge is 2.53. The van der Waals surface area contributed by atoms with Crippen molar-refractivity contribution in [1.29, 1.82) is 0 Å². The number of pyridine rings is 1. The summed E-state index contributed by atoms with van der Waals surface area (Å²) in [4.78, 5) is 4.05. The third-order valence-electron chi connectivity index (χ3n) is 4.76. The zero-order chi connectivity index (χ0) is 18.2. The lowest BCUT2D eigenvalue weighted by Crippen LogP contribution is -2.41. The normalized spacial score (nSPS) is 19.3. The van der Waals surface area contributed by atoms with Gasteiger partial charge in [-0.1, -0.05) is 12.1 Å². The van der Waals surface area contributed by atoms with Crippen LogP contribution in [-0.2, 0) is 9.31 Å². The lowest BCUT2D eigenvalue weighted by atomic mass is 9.86. The Hall–Kier alpha value is -2.05. The first-order valence-corrected chi connectivity index (χ1v) is 8.12. The van der Waals surface area contributed by atoms with E-state index in [0.717, 1.165) is 17.2 Å². The molecule has 6 heteroatoms. The largest absolute Gasteiger partial charge is 0.525 e. The number of benzene rings is 1. The highest BCUT2D eigenvalue weighted by Crippen LogP contribution is 2.39. The Morgan fingerprint density at radius 3 is 2.36 bits per heavy atom. The molecule has 1 aliphatic rings. The van der Waals surface area contributed by atoms with Crippen molar-refractivity contribution in [2.24, 2.45) is 0 Å². The molecular weight excluding hydrogens is 323 g/mol. The molecule has 25 heavy (non-hydrogen) atoms. The van der Waals surface area contributed by atoms with E-state index in [1.807, 2.05) is 33.8 Å². The number of hydrogen-bond donors (Lipinski definition) is 0. The first-order valence-electron chi connectivity index (χ1n) is 8.12. The Kier molecular flexibility index (Phi) is 4.52. The van der Waals surface area contributed by atoms with Crippen LogP contribution in [0, 0.1) is 5.82 Å². The second kappa shape index (κ2) is 6.35. The Bertz CT molecular complexity index is 790. The molecule has 0 bridgehead atoms. The van der Waals surface area contributed by atoms with Crippen molar-refractivity contribution in [2.75, 3.05) is 0 Å². The van der Waals surface area contributed by atoms with Crippen LogP contribution in [0.4, 0.5) is 8.78 Å². The Balaban J connectivity index is 1.91. The van der Waals surface area contributed by atoms with Crippen molar-refractivity contribution < 1.29 is 18.1 Å². The van der Waals surface area contributed by atoms with Crippen LogP contribution in [0.15, 0.2) is 48.5 Å². The minimum Gasteiger partial charge on any atom is -0.398 e. The molecule has 3 nitrogen and oxygen atoms in total. The third-order valence-corrected chi connectivity index (χ3v) is 4.76. The monoisotopic (exact) mass is 343 g/mol. The summed E-state index contributed by atoms with van der Waals surface area (Å²) in [6, 6.07) is 8.18. The number of rotatable bonds is 3. The molecule has 1 aromatic carbocycles. The van der Waals surface area contributed by atoms with Gasteiger partial charge in [0.1, 0.15) is 11.5 Å². The molecule has 0 aliphatic carbocycles. The van der Waals surface area contributed by atoms with E-state index in [1.165, 1.54) is 6.07 Å². The Morgan fingerprint density at radius 1 is 1.08 bits per heavy atom. The minimum absolute atomic E-state index is 0.133. The fraction of sp³-hybridized carbons (Fsp3) is 0.316. The van der Waals surface area contributed by atoms with Gasteiger partial charge >= 0.3 is 7.12 Å². The van der Waals surface area contributed by atoms with Crippen molar-refractivity contribution in [1.82, 2.24) is 4.98 Å². The maximum Gasteiger partial charge on any atom is 0.525 e. The van der Waals surface area contributed by atoms with Crippen LogP contribution < -0.4 is 0 Å². The summed E-state index contributed by atoms with van der Waals surface area (Å²) in [5, 5.41) is 0. The van der Waals surface area contributed by atoms with Gasteiger partial charge in [0, 0.05) is 23.5 Å². The molecule has 0 radical (unpaired) electrons. The smallest absolute Gasteiger partial charge is 0.398 e. The average molecular weight is 343 g/mol. The van der Waals surface area contributed by atoms with Crippen molar-refractivity contribution in [3.8, 4) is 11.1 Å². The molecule has 1 saturated heterocycles. The van der Waals surface area contributed by atoms with Crippen LogP contribution in [0.5, 0.6) is 0 Å². The molecule has 2 aromatic rings.